The summed E-state index contributed by atoms with van der Waals surface area (Å²) in [5.74, 6) is 0.844. The van der Waals surface area contributed by atoms with E-state index in [0.29, 0.717) is 6.61 Å². The van der Waals surface area contributed by atoms with Crippen LogP contribution in [0.2, 0.25) is 0 Å². The molecular weight excluding hydrogens is 256 g/mol. The zero-order valence-corrected chi connectivity index (χ0v) is 12.3. The van der Waals surface area contributed by atoms with E-state index in [4.69, 9.17) is 9.47 Å². The van der Waals surface area contributed by atoms with Crippen LogP contribution >= 0.6 is 0 Å². The maximum atomic E-state index is 10.3. The van der Waals surface area contributed by atoms with Gasteiger partial charge >= 0.3 is 0 Å². The van der Waals surface area contributed by atoms with Gasteiger partial charge in [-0.1, -0.05) is 13.8 Å². The number of aliphatic hydroxyl groups is 2. The average Bonchev–Trinajstić information content (AvgIpc) is 2.90. The Balaban J connectivity index is 2.25. The normalized spacial score (nSPS) is 27.4. The van der Waals surface area contributed by atoms with Crippen LogP contribution in [-0.2, 0) is 24.2 Å². The third kappa shape index (κ3) is 1.72. The molecule has 4 heteroatoms. The van der Waals surface area contributed by atoms with Gasteiger partial charge in [0.25, 0.3) is 0 Å². The third-order valence-electron chi connectivity index (χ3n) is 4.65. The molecule has 2 heterocycles. The highest BCUT2D eigenvalue weighted by molar-refractivity contribution is 5.59. The molecule has 0 spiro atoms. The molecule has 1 aromatic carbocycles. The molecule has 0 amide bonds. The number of aliphatic hydroxyl groups excluding tert-OH is 2. The van der Waals surface area contributed by atoms with Crippen molar-refractivity contribution in [1.82, 2.24) is 0 Å². The summed E-state index contributed by atoms with van der Waals surface area (Å²) in [5.41, 5.74) is 5.95. The highest BCUT2D eigenvalue weighted by Crippen LogP contribution is 2.49. The van der Waals surface area contributed by atoms with Crippen LogP contribution in [0.15, 0.2) is 0 Å². The number of hydrogen-bond donors (Lipinski definition) is 2. The van der Waals surface area contributed by atoms with Gasteiger partial charge in [0, 0.05) is 5.56 Å². The molecule has 2 N–H and O–H groups in total. The Morgan fingerprint density at radius 3 is 2.50 bits per heavy atom. The maximum Gasteiger partial charge on any atom is 0.150 e. The van der Waals surface area contributed by atoms with Crippen molar-refractivity contribution < 1.29 is 19.7 Å². The fourth-order valence-corrected chi connectivity index (χ4v) is 3.61. The summed E-state index contributed by atoms with van der Waals surface area (Å²) in [5, 5.41) is 19.7. The largest absolute Gasteiger partial charge is 0.484 e. The molecule has 2 aliphatic rings. The van der Waals surface area contributed by atoms with Crippen LogP contribution in [0.4, 0.5) is 0 Å². The van der Waals surface area contributed by atoms with Gasteiger partial charge in [-0.2, -0.15) is 0 Å². The van der Waals surface area contributed by atoms with Crippen molar-refractivity contribution in [2.75, 3.05) is 6.61 Å². The van der Waals surface area contributed by atoms with Gasteiger partial charge < -0.3 is 19.7 Å². The fourth-order valence-electron chi connectivity index (χ4n) is 3.61. The monoisotopic (exact) mass is 278 g/mol. The molecule has 0 bridgehead atoms. The zero-order chi connectivity index (χ0) is 14.4. The van der Waals surface area contributed by atoms with Gasteiger partial charge in [0.05, 0.1) is 13.2 Å². The first-order chi connectivity index (χ1) is 9.63. The van der Waals surface area contributed by atoms with E-state index in [1.54, 1.807) is 0 Å². The summed E-state index contributed by atoms with van der Waals surface area (Å²) >= 11 is 0. The molecule has 20 heavy (non-hydrogen) atoms. The van der Waals surface area contributed by atoms with E-state index in [9.17, 15) is 10.2 Å². The van der Waals surface area contributed by atoms with Crippen molar-refractivity contribution in [3.63, 3.8) is 0 Å². The molecule has 0 fully saturated rings. The Morgan fingerprint density at radius 2 is 1.90 bits per heavy atom. The second kappa shape index (κ2) is 5.02. The van der Waals surface area contributed by atoms with Crippen molar-refractivity contribution in [3.8, 4) is 5.75 Å². The topological polar surface area (TPSA) is 58.9 Å². The Labute approximate surface area is 119 Å². The van der Waals surface area contributed by atoms with Gasteiger partial charge in [-0.25, -0.2) is 0 Å². The summed E-state index contributed by atoms with van der Waals surface area (Å²) in [7, 11) is 0. The molecule has 3 rings (SSSR count). The predicted octanol–water partition coefficient (Wildman–Crippen LogP) is 1.81. The van der Waals surface area contributed by atoms with E-state index in [1.165, 1.54) is 16.7 Å². The lowest BCUT2D eigenvalue weighted by molar-refractivity contribution is -0.103. The molecule has 0 saturated carbocycles. The van der Waals surface area contributed by atoms with Gasteiger partial charge in [0.15, 0.2) is 6.10 Å². The highest BCUT2D eigenvalue weighted by atomic mass is 16.5. The van der Waals surface area contributed by atoms with Crippen LogP contribution in [0.5, 0.6) is 5.75 Å². The van der Waals surface area contributed by atoms with Gasteiger partial charge in [-0.05, 0) is 42.0 Å². The average molecular weight is 278 g/mol. The minimum absolute atomic E-state index is 0.200. The molecule has 0 aromatic heterocycles. The molecule has 0 aliphatic carbocycles. The first kappa shape index (κ1) is 13.9. The Bertz CT molecular complexity index is 538. The standard InChI is InChI=1S/C16H22O4/c1-4-9-8(3)11-7-19-16-13(11)15(10(9)5-2)20-12(6-17)14(16)18/h12,14,16-18H,4-7H2,1-3H3/t12-,14-,16-/m1/s1. The maximum absolute atomic E-state index is 10.3. The Morgan fingerprint density at radius 1 is 1.20 bits per heavy atom. The SMILES string of the molecule is CCc1c(C)c2c3c(c1CC)O[C@H](CO)[C@@H](O)[C@@H]3OC2. The minimum Gasteiger partial charge on any atom is -0.484 e. The van der Waals surface area contributed by atoms with Crippen molar-refractivity contribution in [3.05, 3.63) is 27.8 Å². The lowest BCUT2D eigenvalue weighted by atomic mass is 9.85. The molecular formula is C16H22O4. The van der Waals surface area contributed by atoms with E-state index in [2.05, 4.69) is 20.8 Å². The van der Waals surface area contributed by atoms with Gasteiger partial charge in [0.1, 0.15) is 18.0 Å². The summed E-state index contributed by atoms with van der Waals surface area (Å²) < 4.78 is 11.7. The number of benzene rings is 1. The molecule has 0 radical (unpaired) electrons. The van der Waals surface area contributed by atoms with E-state index in [1.807, 2.05) is 0 Å². The smallest absolute Gasteiger partial charge is 0.150 e. The molecule has 0 saturated heterocycles. The van der Waals surface area contributed by atoms with Crippen molar-refractivity contribution in [2.24, 2.45) is 0 Å². The van der Waals surface area contributed by atoms with Crippen LogP contribution in [0, 0.1) is 6.92 Å². The Kier molecular flexibility index (Phi) is 3.48. The van der Waals surface area contributed by atoms with Crippen LogP contribution in [0.1, 0.15) is 47.8 Å². The molecule has 4 nitrogen and oxygen atoms in total. The van der Waals surface area contributed by atoms with E-state index in [0.717, 1.165) is 29.7 Å². The summed E-state index contributed by atoms with van der Waals surface area (Å²) in [6.07, 6.45) is 0.0748. The van der Waals surface area contributed by atoms with Crippen LogP contribution in [-0.4, -0.2) is 29.0 Å². The molecule has 3 atom stereocenters. The third-order valence-corrected chi connectivity index (χ3v) is 4.65. The second-order valence-electron chi connectivity index (χ2n) is 5.57. The van der Waals surface area contributed by atoms with Crippen molar-refractivity contribution >= 4 is 0 Å². The van der Waals surface area contributed by atoms with Gasteiger partial charge in [-0.15, -0.1) is 0 Å². The molecule has 0 unspecified atom stereocenters. The van der Waals surface area contributed by atoms with Crippen LogP contribution in [0.25, 0.3) is 0 Å². The van der Waals surface area contributed by atoms with Gasteiger partial charge in [0.2, 0.25) is 0 Å². The fraction of sp³-hybridized carbons (Fsp3) is 0.625. The molecule has 110 valence electrons. The van der Waals surface area contributed by atoms with E-state index < -0.39 is 12.2 Å². The van der Waals surface area contributed by atoms with Crippen LogP contribution < -0.4 is 4.74 Å². The molecule has 2 aliphatic heterocycles. The zero-order valence-electron chi connectivity index (χ0n) is 12.3. The summed E-state index contributed by atoms with van der Waals surface area (Å²) in [6, 6.07) is 0. The van der Waals surface area contributed by atoms with Gasteiger partial charge in [-0.3, -0.25) is 0 Å². The lowest BCUT2D eigenvalue weighted by Crippen LogP contribution is -2.43. The second-order valence-corrected chi connectivity index (χ2v) is 5.57. The van der Waals surface area contributed by atoms with E-state index >= 15 is 0 Å². The minimum atomic E-state index is -0.801. The first-order valence-corrected chi connectivity index (χ1v) is 7.38. The summed E-state index contributed by atoms with van der Waals surface area (Å²) in [4.78, 5) is 0. The highest BCUT2D eigenvalue weighted by Gasteiger charge is 2.44. The quantitative estimate of drug-likeness (QED) is 0.885. The number of rotatable bonds is 3. The van der Waals surface area contributed by atoms with Crippen LogP contribution in [0.3, 0.4) is 0 Å². The van der Waals surface area contributed by atoms with Crippen molar-refractivity contribution in [2.45, 2.75) is 58.5 Å². The summed E-state index contributed by atoms with van der Waals surface area (Å²) in [6.45, 7) is 6.71. The number of ether oxygens (including phenoxy) is 2. The van der Waals surface area contributed by atoms with E-state index in [-0.39, 0.29) is 12.7 Å². The Hall–Kier alpha value is -1.10. The predicted molar refractivity (Wildman–Crippen MR) is 75.0 cm³/mol. The lowest BCUT2D eigenvalue weighted by Gasteiger charge is -2.35. The first-order valence-electron chi connectivity index (χ1n) is 7.38. The molecule has 1 aromatic rings. The number of hydrogen-bond acceptors (Lipinski definition) is 4. The van der Waals surface area contributed by atoms with Crippen molar-refractivity contribution in [1.29, 1.82) is 0 Å².